The van der Waals surface area contributed by atoms with E-state index in [1.165, 1.54) is 25.3 Å². The van der Waals surface area contributed by atoms with Gasteiger partial charge in [-0.15, -0.1) is 0 Å². The molecule has 0 aromatic heterocycles. The van der Waals surface area contributed by atoms with Crippen LogP contribution in [0.3, 0.4) is 0 Å². The summed E-state index contributed by atoms with van der Waals surface area (Å²) in [6, 6.07) is 5.07. The second-order valence-electron chi connectivity index (χ2n) is 5.36. The van der Waals surface area contributed by atoms with Crippen LogP contribution in [-0.4, -0.2) is 23.0 Å². The normalized spacial score (nSPS) is 19.8. The van der Waals surface area contributed by atoms with E-state index in [4.69, 9.17) is 18.0 Å². The number of halogens is 1. The van der Waals surface area contributed by atoms with Gasteiger partial charge in [0.05, 0.1) is 0 Å². The summed E-state index contributed by atoms with van der Waals surface area (Å²) in [4.78, 5) is 2.56. The molecule has 1 unspecified atom stereocenters. The smallest absolute Gasteiger partial charge is 0.133 e. The molecule has 1 aromatic rings. The lowest BCUT2D eigenvalue weighted by Crippen LogP contribution is -2.21. The zero-order chi connectivity index (χ0) is 13.8. The fourth-order valence-electron chi connectivity index (χ4n) is 2.82. The molecule has 1 saturated heterocycles. The number of likely N-dealkylation sites (tertiary alicyclic amines) is 1. The molecule has 0 spiro atoms. The number of hydrogen-bond acceptors (Lipinski definition) is 2. The summed E-state index contributed by atoms with van der Waals surface area (Å²) in [5, 5.41) is 0. The van der Waals surface area contributed by atoms with E-state index < -0.39 is 0 Å². The monoisotopic (exact) mass is 280 g/mol. The van der Waals surface area contributed by atoms with E-state index in [9.17, 15) is 4.39 Å². The molecule has 104 valence electrons. The average molecular weight is 280 g/mol. The summed E-state index contributed by atoms with van der Waals surface area (Å²) in [5.74, 6) is 0.488. The van der Waals surface area contributed by atoms with E-state index in [1.54, 1.807) is 6.07 Å². The number of rotatable bonds is 5. The summed E-state index contributed by atoms with van der Waals surface area (Å²) in [7, 11) is 0. The van der Waals surface area contributed by atoms with Crippen molar-refractivity contribution >= 4 is 17.2 Å². The first-order chi connectivity index (χ1) is 9.10. The van der Waals surface area contributed by atoms with Gasteiger partial charge in [-0.2, -0.15) is 0 Å². The molecule has 19 heavy (non-hydrogen) atoms. The lowest BCUT2D eigenvalue weighted by atomic mass is 10.0. The number of benzene rings is 1. The van der Waals surface area contributed by atoms with Crippen molar-refractivity contribution in [1.29, 1.82) is 0 Å². The standard InChI is InChI=1S/C15H21FN2S/c1-2-3-11-6-7-18(9-11)10-12-4-5-14(16)13(8-12)15(17)19/h4-5,8,11H,2-3,6-7,9-10H2,1H3,(H2,17,19). The van der Waals surface area contributed by atoms with Crippen LogP contribution >= 0.6 is 12.2 Å². The highest BCUT2D eigenvalue weighted by molar-refractivity contribution is 7.80. The average Bonchev–Trinajstić information content (AvgIpc) is 2.79. The van der Waals surface area contributed by atoms with Crippen molar-refractivity contribution in [3.05, 3.63) is 35.1 Å². The van der Waals surface area contributed by atoms with Gasteiger partial charge in [0.15, 0.2) is 0 Å². The molecule has 1 aromatic carbocycles. The van der Waals surface area contributed by atoms with Crippen molar-refractivity contribution in [2.45, 2.75) is 32.7 Å². The third kappa shape index (κ3) is 3.74. The summed E-state index contributed by atoms with van der Waals surface area (Å²) < 4.78 is 13.5. The fraction of sp³-hybridized carbons (Fsp3) is 0.533. The van der Waals surface area contributed by atoms with Gasteiger partial charge in [0.1, 0.15) is 10.8 Å². The van der Waals surface area contributed by atoms with E-state index in [2.05, 4.69) is 11.8 Å². The third-order valence-electron chi connectivity index (χ3n) is 3.77. The fourth-order valence-corrected chi connectivity index (χ4v) is 2.97. The van der Waals surface area contributed by atoms with Crippen molar-refractivity contribution in [3.8, 4) is 0 Å². The minimum Gasteiger partial charge on any atom is -0.389 e. The highest BCUT2D eigenvalue weighted by atomic mass is 32.1. The van der Waals surface area contributed by atoms with E-state index in [1.807, 2.05) is 6.07 Å². The van der Waals surface area contributed by atoms with Crippen molar-refractivity contribution in [2.24, 2.45) is 11.7 Å². The van der Waals surface area contributed by atoms with E-state index >= 15 is 0 Å². The number of nitrogens with zero attached hydrogens (tertiary/aromatic N) is 1. The molecule has 1 heterocycles. The molecule has 0 amide bonds. The summed E-state index contributed by atoms with van der Waals surface area (Å²) in [6.07, 6.45) is 3.83. The predicted molar refractivity (Wildman–Crippen MR) is 80.6 cm³/mol. The third-order valence-corrected chi connectivity index (χ3v) is 3.99. The summed E-state index contributed by atoms with van der Waals surface area (Å²) >= 11 is 4.87. The Morgan fingerprint density at radius 1 is 1.53 bits per heavy atom. The molecule has 1 aliphatic rings. The Balaban J connectivity index is 2.00. The lowest BCUT2D eigenvalue weighted by Gasteiger charge is -2.16. The largest absolute Gasteiger partial charge is 0.389 e. The van der Waals surface area contributed by atoms with Crippen LogP contribution in [0, 0.1) is 11.7 Å². The molecule has 1 atom stereocenters. The zero-order valence-electron chi connectivity index (χ0n) is 11.4. The molecule has 0 aliphatic carbocycles. The molecule has 0 radical (unpaired) electrons. The molecule has 2 nitrogen and oxygen atoms in total. The topological polar surface area (TPSA) is 29.3 Å². The quantitative estimate of drug-likeness (QED) is 0.841. The van der Waals surface area contributed by atoms with Crippen LogP contribution in [0.25, 0.3) is 0 Å². The predicted octanol–water partition coefficient (Wildman–Crippen LogP) is 3.08. The van der Waals surface area contributed by atoms with Gasteiger partial charge in [-0.05, 0) is 43.0 Å². The molecular weight excluding hydrogens is 259 g/mol. The first-order valence-electron chi connectivity index (χ1n) is 6.90. The molecule has 2 rings (SSSR count). The van der Waals surface area contributed by atoms with Crippen molar-refractivity contribution in [2.75, 3.05) is 13.1 Å². The molecule has 0 bridgehead atoms. The molecule has 4 heteroatoms. The highest BCUT2D eigenvalue weighted by Crippen LogP contribution is 2.23. The van der Waals surface area contributed by atoms with Crippen LogP contribution in [-0.2, 0) is 6.54 Å². The number of hydrogen-bond donors (Lipinski definition) is 1. The number of thiocarbonyl (C=S) groups is 1. The molecular formula is C15H21FN2S. The zero-order valence-corrected chi connectivity index (χ0v) is 12.2. The minimum absolute atomic E-state index is 0.129. The number of nitrogens with two attached hydrogens (primary N) is 1. The Bertz CT molecular complexity index is 461. The van der Waals surface area contributed by atoms with Gasteiger partial charge in [0.25, 0.3) is 0 Å². The summed E-state index contributed by atoms with van der Waals surface area (Å²) in [6.45, 7) is 5.37. The van der Waals surface area contributed by atoms with Crippen molar-refractivity contribution < 1.29 is 4.39 Å². The second kappa shape index (κ2) is 6.44. The van der Waals surface area contributed by atoms with Crippen LogP contribution in [0.2, 0.25) is 0 Å². The van der Waals surface area contributed by atoms with Gasteiger partial charge in [0.2, 0.25) is 0 Å². The maximum atomic E-state index is 13.5. The van der Waals surface area contributed by atoms with Gasteiger partial charge in [-0.3, -0.25) is 4.90 Å². The van der Waals surface area contributed by atoms with Crippen LogP contribution in [0.4, 0.5) is 4.39 Å². The van der Waals surface area contributed by atoms with Gasteiger partial charge < -0.3 is 5.73 Å². The van der Waals surface area contributed by atoms with Crippen LogP contribution < -0.4 is 5.73 Å². The Morgan fingerprint density at radius 2 is 2.32 bits per heavy atom. The van der Waals surface area contributed by atoms with Crippen LogP contribution in [0.15, 0.2) is 18.2 Å². The Labute approximate surface area is 119 Å². The molecule has 1 aliphatic heterocycles. The van der Waals surface area contributed by atoms with Gasteiger partial charge >= 0.3 is 0 Å². The Morgan fingerprint density at radius 3 is 3.00 bits per heavy atom. The highest BCUT2D eigenvalue weighted by Gasteiger charge is 2.21. The first-order valence-corrected chi connectivity index (χ1v) is 7.31. The van der Waals surface area contributed by atoms with Crippen LogP contribution in [0.1, 0.15) is 37.3 Å². The van der Waals surface area contributed by atoms with E-state index in [0.717, 1.165) is 31.1 Å². The first kappa shape index (κ1) is 14.4. The second-order valence-corrected chi connectivity index (χ2v) is 5.80. The molecule has 2 N–H and O–H groups in total. The van der Waals surface area contributed by atoms with Gasteiger partial charge in [-0.25, -0.2) is 4.39 Å². The van der Waals surface area contributed by atoms with Gasteiger partial charge in [-0.1, -0.05) is 31.6 Å². The Hall–Kier alpha value is -1.00. The Kier molecular flexibility index (Phi) is 4.88. The minimum atomic E-state index is -0.332. The SMILES string of the molecule is CCCC1CCN(Cc2ccc(F)c(C(N)=S)c2)C1. The van der Waals surface area contributed by atoms with Crippen molar-refractivity contribution in [1.82, 2.24) is 4.90 Å². The lowest BCUT2D eigenvalue weighted by molar-refractivity contribution is 0.313. The van der Waals surface area contributed by atoms with E-state index in [-0.39, 0.29) is 10.8 Å². The molecule has 0 saturated carbocycles. The maximum absolute atomic E-state index is 13.5. The van der Waals surface area contributed by atoms with Gasteiger partial charge in [0, 0.05) is 18.7 Å². The maximum Gasteiger partial charge on any atom is 0.133 e. The van der Waals surface area contributed by atoms with Crippen LogP contribution in [0.5, 0.6) is 0 Å². The van der Waals surface area contributed by atoms with E-state index in [0.29, 0.717) is 5.56 Å². The molecule has 1 fully saturated rings. The summed E-state index contributed by atoms with van der Waals surface area (Å²) in [5.41, 5.74) is 6.97. The van der Waals surface area contributed by atoms with Crippen molar-refractivity contribution in [3.63, 3.8) is 0 Å².